The summed E-state index contributed by atoms with van der Waals surface area (Å²) in [6.07, 6.45) is -0.566. The Bertz CT molecular complexity index is 224. The van der Waals surface area contributed by atoms with Gasteiger partial charge in [-0.05, 0) is 12.8 Å². The van der Waals surface area contributed by atoms with E-state index in [2.05, 4.69) is 10.6 Å². The lowest BCUT2D eigenvalue weighted by molar-refractivity contribution is 0.121. The van der Waals surface area contributed by atoms with Gasteiger partial charge in [-0.3, -0.25) is 0 Å². The van der Waals surface area contributed by atoms with Crippen molar-refractivity contribution in [1.29, 1.82) is 0 Å². The Balaban J connectivity index is 3.55. The van der Waals surface area contributed by atoms with Gasteiger partial charge in [-0.2, -0.15) is 0 Å². The lowest BCUT2D eigenvalue weighted by atomic mass is 10.3. The van der Waals surface area contributed by atoms with E-state index < -0.39 is 18.3 Å². The molecule has 0 bridgehead atoms. The van der Waals surface area contributed by atoms with E-state index in [1.165, 1.54) is 0 Å². The Labute approximate surface area is 107 Å². The molecule has 0 aromatic heterocycles. The number of ether oxygens (including phenoxy) is 2. The first kappa shape index (κ1) is 16.5. The highest BCUT2D eigenvalue weighted by molar-refractivity contribution is 5.67. The van der Waals surface area contributed by atoms with Crippen molar-refractivity contribution in [3.63, 3.8) is 0 Å². The lowest BCUT2D eigenvalue weighted by Gasteiger charge is -2.12. The summed E-state index contributed by atoms with van der Waals surface area (Å²) < 4.78 is 9.49. The molecule has 0 radical (unpaired) electrons. The first-order chi connectivity index (χ1) is 8.60. The number of carbonyl (C=O) groups excluding carboxylic acids is 2. The van der Waals surface area contributed by atoms with Gasteiger partial charge in [0.05, 0.1) is 19.3 Å². The average Bonchev–Trinajstić information content (AvgIpc) is 2.37. The Morgan fingerprint density at radius 3 is 1.72 bits per heavy atom. The molecule has 7 nitrogen and oxygen atoms in total. The van der Waals surface area contributed by atoms with Crippen LogP contribution in [0.4, 0.5) is 9.59 Å². The SMILES string of the molecule is CCCOC(=O)NCC(O)CNC(=O)OCCC. The quantitative estimate of drug-likeness (QED) is 0.596. The van der Waals surface area contributed by atoms with Crippen molar-refractivity contribution in [2.75, 3.05) is 26.3 Å². The van der Waals surface area contributed by atoms with Gasteiger partial charge in [-0.15, -0.1) is 0 Å². The van der Waals surface area contributed by atoms with E-state index in [1.54, 1.807) is 0 Å². The molecule has 0 aliphatic heterocycles. The highest BCUT2D eigenvalue weighted by Crippen LogP contribution is 1.86. The first-order valence-electron chi connectivity index (χ1n) is 6.09. The third-order valence-electron chi connectivity index (χ3n) is 1.84. The van der Waals surface area contributed by atoms with E-state index in [9.17, 15) is 14.7 Å². The minimum atomic E-state index is -0.881. The van der Waals surface area contributed by atoms with Gasteiger partial charge in [0.25, 0.3) is 0 Å². The fraction of sp³-hybridized carbons (Fsp3) is 0.818. The number of alkyl carbamates (subject to hydrolysis) is 2. The van der Waals surface area contributed by atoms with E-state index >= 15 is 0 Å². The van der Waals surface area contributed by atoms with Crippen LogP contribution in [0.1, 0.15) is 26.7 Å². The molecule has 106 valence electrons. The molecule has 2 amide bonds. The van der Waals surface area contributed by atoms with Crippen LogP contribution in [0.3, 0.4) is 0 Å². The molecule has 0 rings (SSSR count). The van der Waals surface area contributed by atoms with Crippen LogP contribution >= 0.6 is 0 Å². The summed E-state index contributed by atoms with van der Waals surface area (Å²) in [6, 6.07) is 0. The van der Waals surface area contributed by atoms with Crippen molar-refractivity contribution in [2.45, 2.75) is 32.8 Å². The maximum atomic E-state index is 11.0. The van der Waals surface area contributed by atoms with Gasteiger partial charge < -0.3 is 25.2 Å². The van der Waals surface area contributed by atoms with Crippen molar-refractivity contribution < 1.29 is 24.2 Å². The molecule has 0 spiro atoms. The number of hydrogen-bond acceptors (Lipinski definition) is 5. The van der Waals surface area contributed by atoms with E-state index in [0.717, 1.165) is 12.8 Å². The van der Waals surface area contributed by atoms with Gasteiger partial charge in [0.1, 0.15) is 0 Å². The number of aliphatic hydroxyl groups is 1. The van der Waals surface area contributed by atoms with Gasteiger partial charge >= 0.3 is 12.2 Å². The Kier molecular flexibility index (Phi) is 9.75. The smallest absolute Gasteiger partial charge is 0.407 e. The highest BCUT2D eigenvalue weighted by Gasteiger charge is 2.09. The first-order valence-corrected chi connectivity index (χ1v) is 6.09. The normalized spacial score (nSPS) is 10.0. The second kappa shape index (κ2) is 10.6. The summed E-state index contributed by atoms with van der Waals surface area (Å²) in [5.74, 6) is 0. The van der Waals surface area contributed by atoms with Gasteiger partial charge in [0.15, 0.2) is 0 Å². The number of carbonyl (C=O) groups is 2. The molecule has 0 unspecified atom stereocenters. The van der Waals surface area contributed by atoms with Crippen LogP contribution in [0.15, 0.2) is 0 Å². The van der Waals surface area contributed by atoms with Crippen LogP contribution < -0.4 is 10.6 Å². The molecular formula is C11H22N2O5. The number of hydrogen-bond donors (Lipinski definition) is 3. The minimum absolute atomic E-state index is 0.0105. The second-order valence-electron chi connectivity index (χ2n) is 3.69. The Morgan fingerprint density at radius 2 is 1.39 bits per heavy atom. The predicted molar refractivity (Wildman–Crippen MR) is 65.3 cm³/mol. The van der Waals surface area contributed by atoms with E-state index in [-0.39, 0.29) is 13.1 Å². The molecule has 0 fully saturated rings. The van der Waals surface area contributed by atoms with Crippen molar-refractivity contribution >= 4 is 12.2 Å². The molecule has 0 heterocycles. The molecule has 0 aromatic carbocycles. The van der Waals surface area contributed by atoms with Gasteiger partial charge in [0, 0.05) is 13.1 Å². The summed E-state index contributed by atoms with van der Waals surface area (Å²) in [4.78, 5) is 22.1. The number of rotatable bonds is 8. The van der Waals surface area contributed by atoms with E-state index in [4.69, 9.17) is 9.47 Å². The summed E-state index contributed by atoms with van der Waals surface area (Å²) in [6.45, 7) is 4.46. The van der Waals surface area contributed by atoms with Gasteiger partial charge in [-0.25, -0.2) is 9.59 Å². The van der Waals surface area contributed by atoms with Crippen LogP contribution in [-0.4, -0.2) is 49.7 Å². The van der Waals surface area contributed by atoms with Crippen LogP contribution in [0.25, 0.3) is 0 Å². The zero-order valence-electron chi connectivity index (χ0n) is 10.9. The van der Waals surface area contributed by atoms with Gasteiger partial charge in [0.2, 0.25) is 0 Å². The zero-order chi connectivity index (χ0) is 13.8. The average molecular weight is 262 g/mol. The van der Waals surface area contributed by atoms with Gasteiger partial charge in [-0.1, -0.05) is 13.8 Å². The molecule has 0 aromatic rings. The Morgan fingerprint density at radius 1 is 1.00 bits per heavy atom. The van der Waals surface area contributed by atoms with Crippen LogP contribution in [-0.2, 0) is 9.47 Å². The summed E-state index contributed by atoms with van der Waals surface area (Å²) >= 11 is 0. The van der Waals surface area contributed by atoms with E-state index in [1.807, 2.05) is 13.8 Å². The third kappa shape index (κ3) is 9.71. The molecule has 0 atom stereocenters. The maximum Gasteiger partial charge on any atom is 0.407 e. The lowest BCUT2D eigenvalue weighted by Crippen LogP contribution is -2.40. The number of nitrogens with one attached hydrogen (secondary N) is 2. The van der Waals surface area contributed by atoms with Crippen molar-refractivity contribution in [2.24, 2.45) is 0 Å². The fourth-order valence-electron chi connectivity index (χ4n) is 0.966. The number of aliphatic hydroxyl groups excluding tert-OH is 1. The van der Waals surface area contributed by atoms with Crippen molar-refractivity contribution in [3.05, 3.63) is 0 Å². The molecular weight excluding hydrogens is 240 g/mol. The minimum Gasteiger partial charge on any atom is -0.450 e. The zero-order valence-corrected chi connectivity index (χ0v) is 10.9. The van der Waals surface area contributed by atoms with E-state index in [0.29, 0.717) is 13.2 Å². The topological polar surface area (TPSA) is 96.9 Å². The summed E-state index contributed by atoms with van der Waals surface area (Å²) in [7, 11) is 0. The molecule has 18 heavy (non-hydrogen) atoms. The Hall–Kier alpha value is -1.50. The standard InChI is InChI=1S/C11H22N2O5/c1-3-5-17-10(15)12-7-9(14)8-13-11(16)18-6-4-2/h9,14H,3-8H2,1-2H3,(H,12,15)(H,13,16). The number of amides is 2. The molecule has 0 saturated carbocycles. The molecule has 0 saturated heterocycles. The van der Waals surface area contributed by atoms with Crippen LogP contribution in [0, 0.1) is 0 Å². The monoisotopic (exact) mass is 262 g/mol. The summed E-state index contributed by atoms with van der Waals surface area (Å²) in [5.41, 5.74) is 0. The maximum absolute atomic E-state index is 11.0. The van der Waals surface area contributed by atoms with Crippen LogP contribution in [0.5, 0.6) is 0 Å². The molecule has 0 aliphatic rings. The second-order valence-corrected chi connectivity index (χ2v) is 3.69. The molecule has 7 heteroatoms. The third-order valence-corrected chi connectivity index (χ3v) is 1.84. The molecule has 0 aliphatic carbocycles. The summed E-state index contributed by atoms with van der Waals surface area (Å²) in [5, 5.41) is 14.2. The van der Waals surface area contributed by atoms with Crippen LogP contribution in [0.2, 0.25) is 0 Å². The van der Waals surface area contributed by atoms with Crippen molar-refractivity contribution in [1.82, 2.24) is 10.6 Å². The largest absolute Gasteiger partial charge is 0.450 e. The fourth-order valence-corrected chi connectivity index (χ4v) is 0.966. The molecule has 3 N–H and O–H groups in total. The predicted octanol–water partition coefficient (Wildman–Crippen LogP) is 0.620. The van der Waals surface area contributed by atoms with Crippen molar-refractivity contribution in [3.8, 4) is 0 Å². The highest BCUT2D eigenvalue weighted by atomic mass is 16.6.